The number of rotatable bonds is 5. The molecular formula is C15H17N3O3. The summed E-state index contributed by atoms with van der Waals surface area (Å²) in [4.78, 5) is 26.9. The highest BCUT2D eigenvalue weighted by Crippen LogP contribution is 2.15. The van der Waals surface area contributed by atoms with E-state index in [9.17, 15) is 9.59 Å². The van der Waals surface area contributed by atoms with Gasteiger partial charge in [-0.25, -0.2) is 9.59 Å². The van der Waals surface area contributed by atoms with E-state index in [1.54, 1.807) is 13.1 Å². The molecule has 0 aliphatic rings. The molecule has 0 saturated heterocycles. The van der Waals surface area contributed by atoms with Crippen LogP contribution in [-0.2, 0) is 11.3 Å². The molecule has 2 amide bonds. The molecule has 0 radical (unpaired) electrons. The fourth-order valence-electron chi connectivity index (χ4n) is 2.03. The Kier molecular flexibility index (Phi) is 4.71. The molecule has 3 N–H and O–H groups in total. The lowest BCUT2D eigenvalue weighted by molar-refractivity contribution is -0.139. The van der Waals surface area contributed by atoms with Crippen molar-refractivity contribution in [1.82, 2.24) is 15.6 Å². The maximum absolute atomic E-state index is 11.7. The number of fused-ring (bicyclic) bond motifs is 1. The largest absolute Gasteiger partial charge is 0.480 e. The molecule has 0 bridgehead atoms. The summed E-state index contributed by atoms with van der Waals surface area (Å²) in [5, 5.41) is 15.0. The molecule has 0 saturated carbocycles. The first-order valence-corrected chi connectivity index (χ1v) is 6.71. The Hall–Kier alpha value is -2.63. The van der Waals surface area contributed by atoms with Crippen molar-refractivity contribution in [2.75, 3.05) is 0 Å². The molecule has 0 aliphatic heterocycles. The Morgan fingerprint density at radius 2 is 2.05 bits per heavy atom. The van der Waals surface area contributed by atoms with E-state index in [-0.39, 0.29) is 6.54 Å². The van der Waals surface area contributed by atoms with Gasteiger partial charge in [-0.05, 0) is 18.1 Å². The lowest BCUT2D eigenvalue weighted by atomic mass is 10.1. The van der Waals surface area contributed by atoms with Crippen molar-refractivity contribution in [3.8, 4) is 0 Å². The Labute approximate surface area is 122 Å². The molecule has 2 aromatic rings. The van der Waals surface area contributed by atoms with Crippen LogP contribution >= 0.6 is 0 Å². The summed E-state index contributed by atoms with van der Waals surface area (Å²) in [5.41, 5.74) is 1.71. The standard InChI is InChI=1S/C15H17N3O3/c1-2-12(14(19)20)18-15(21)17-9-11-6-3-5-10-7-4-8-16-13(10)11/h3-8,12H,2,9H2,1H3,(H,19,20)(H2,17,18,21). The van der Waals surface area contributed by atoms with Crippen LogP contribution in [0.2, 0.25) is 0 Å². The number of carbonyl (C=O) groups excluding carboxylic acids is 1. The average molecular weight is 287 g/mol. The van der Waals surface area contributed by atoms with Gasteiger partial charge in [-0.2, -0.15) is 0 Å². The van der Waals surface area contributed by atoms with E-state index in [0.717, 1.165) is 16.5 Å². The molecule has 1 aromatic heterocycles. The summed E-state index contributed by atoms with van der Waals surface area (Å²) in [5.74, 6) is -1.04. The maximum atomic E-state index is 11.7. The molecule has 1 unspecified atom stereocenters. The second kappa shape index (κ2) is 6.69. The number of nitrogens with zero attached hydrogens (tertiary/aromatic N) is 1. The molecule has 1 aromatic carbocycles. The van der Waals surface area contributed by atoms with Gasteiger partial charge in [0, 0.05) is 18.1 Å². The molecule has 0 fully saturated rings. The van der Waals surface area contributed by atoms with Crippen LogP contribution in [0.25, 0.3) is 10.9 Å². The summed E-state index contributed by atoms with van der Waals surface area (Å²) in [6, 6.07) is 8.14. The minimum atomic E-state index is -1.04. The number of carboxylic acids is 1. The lowest BCUT2D eigenvalue weighted by Crippen LogP contribution is -2.45. The van der Waals surface area contributed by atoms with E-state index in [1.807, 2.05) is 30.3 Å². The fraction of sp³-hybridized carbons (Fsp3) is 0.267. The van der Waals surface area contributed by atoms with Crippen molar-refractivity contribution in [2.45, 2.75) is 25.9 Å². The van der Waals surface area contributed by atoms with Crippen molar-refractivity contribution >= 4 is 22.9 Å². The zero-order valence-corrected chi connectivity index (χ0v) is 11.7. The van der Waals surface area contributed by atoms with Crippen molar-refractivity contribution in [1.29, 1.82) is 0 Å². The van der Waals surface area contributed by atoms with Gasteiger partial charge < -0.3 is 15.7 Å². The van der Waals surface area contributed by atoms with Gasteiger partial charge >= 0.3 is 12.0 Å². The highest BCUT2D eigenvalue weighted by molar-refractivity contribution is 5.84. The van der Waals surface area contributed by atoms with Gasteiger partial charge in [-0.1, -0.05) is 31.2 Å². The number of carboxylic acid groups (broad SMARTS) is 1. The summed E-state index contributed by atoms with van der Waals surface area (Å²) in [6.45, 7) is 1.99. The van der Waals surface area contributed by atoms with Crippen molar-refractivity contribution in [3.63, 3.8) is 0 Å². The molecule has 0 spiro atoms. The Morgan fingerprint density at radius 1 is 1.29 bits per heavy atom. The number of para-hydroxylation sites is 1. The predicted molar refractivity (Wildman–Crippen MR) is 78.8 cm³/mol. The molecule has 110 valence electrons. The first-order valence-electron chi connectivity index (χ1n) is 6.71. The van der Waals surface area contributed by atoms with Gasteiger partial charge in [-0.15, -0.1) is 0 Å². The van der Waals surface area contributed by atoms with E-state index in [0.29, 0.717) is 6.42 Å². The molecule has 6 nitrogen and oxygen atoms in total. The smallest absolute Gasteiger partial charge is 0.326 e. The maximum Gasteiger partial charge on any atom is 0.326 e. The van der Waals surface area contributed by atoms with Crippen LogP contribution in [0.4, 0.5) is 4.79 Å². The number of urea groups is 1. The van der Waals surface area contributed by atoms with Crippen molar-refractivity contribution < 1.29 is 14.7 Å². The molecule has 1 heterocycles. The van der Waals surface area contributed by atoms with Crippen LogP contribution in [0.15, 0.2) is 36.5 Å². The van der Waals surface area contributed by atoms with E-state index >= 15 is 0 Å². The molecule has 2 rings (SSSR count). The number of aromatic nitrogens is 1. The van der Waals surface area contributed by atoms with Gasteiger partial charge in [0.1, 0.15) is 6.04 Å². The second-order valence-electron chi connectivity index (χ2n) is 4.62. The average Bonchev–Trinajstić information content (AvgIpc) is 2.50. The van der Waals surface area contributed by atoms with Gasteiger partial charge in [-0.3, -0.25) is 4.98 Å². The lowest BCUT2D eigenvalue weighted by Gasteiger charge is -2.13. The highest BCUT2D eigenvalue weighted by Gasteiger charge is 2.17. The second-order valence-corrected chi connectivity index (χ2v) is 4.62. The molecule has 1 atom stereocenters. The van der Waals surface area contributed by atoms with Crippen molar-refractivity contribution in [2.24, 2.45) is 0 Å². The summed E-state index contributed by atoms with van der Waals surface area (Å²) in [6.07, 6.45) is 2.03. The van der Waals surface area contributed by atoms with Crippen LogP contribution in [0.3, 0.4) is 0 Å². The Balaban J connectivity index is 2.02. The molecule has 0 aliphatic carbocycles. The number of hydrogen-bond acceptors (Lipinski definition) is 3. The van der Waals surface area contributed by atoms with Gasteiger partial charge in [0.25, 0.3) is 0 Å². The third-order valence-electron chi connectivity index (χ3n) is 3.17. The van der Waals surface area contributed by atoms with Crippen LogP contribution in [-0.4, -0.2) is 28.1 Å². The number of nitrogens with one attached hydrogen (secondary N) is 2. The van der Waals surface area contributed by atoms with Crippen LogP contribution in [0, 0.1) is 0 Å². The quantitative estimate of drug-likeness (QED) is 0.783. The van der Waals surface area contributed by atoms with Gasteiger partial charge in [0.05, 0.1) is 5.52 Å². The minimum absolute atomic E-state index is 0.288. The van der Waals surface area contributed by atoms with E-state index < -0.39 is 18.0 Å². The first kappa shape index (κ1) is 14.8. The first-order chi connectivity index (χ1) is 10.1. The van der Waals surface area contributed by atoms with Crippen molar-refractivity contribution in [3.05, 3.63) is 42.1 Å². The number of pyridine rings is 1. The van der Waals surface area contributed by atoms with Gasteiger partial charge in [0.2, 0.25) is 0 Å². The third-order valence-corrected chi connectivity index (χ3v) is 3.17. The predicted octanol–water partition coefficient (Wildman–Crippen LogP) is 1.90. The Morgan fingerprint density at radius 3 is 2.76 bits per heavy atom. The zero-order valence-electron chi connectivity index (χ0n) is 11.7. The number of aliphatic carboxylic acids is 1. The Bertz CT molecular complexity index is 652. The zero-order chi connectivity index (χ0) is 15.2. The van der Waals surface area contributed by atoms with Gasteiger partial charge in [0.15, 0.2) is 0 Å². The normalized spacial score (nSPS) is 11.9. The minimum Gasteiger partial charge on any atom is -0.480 e. The van der Waals surface area contributed by atoms with Crippen LogP contribution < -0.4 is 10.6 Å². The van der Waals surface area contributed by atoms with E-state index in [1.165, 1.54) is 0 Å². The summed E-state index contributed by atoms with van der Waals surface area (Å²) in [7, 11) is 0. The molecule has 6 heteroatoms. The monoisotopic (exact) mass is 287 g/mol. The van der Waals surface area contributed by atoms with E-state index in [4.69, 9.17) is 5.11 Å². The van der Waals surface area contributed by atoms with Crippen LogP contribution in [0.5, 0.6) is 0 Å². The highest BCUT2D eigenvalue weighted by atomic mass is 16.4. The number of carbonyl (C=O) groups is 2. The fourth-order valence-corrected chi connectivity index (χ4v) is 2.03. The number of amides is 2. The summed E-state index contributed by atoms with van der Waals surface area (Å²) >= 11 is 0. The molecule has 21 heavy (non-hydrogen) atoms. The molecular weight excluding hydrogens is 270 g/mol. The SMILES string of the molecule is CCC(NC(=O)NCc1cccc2cccnc12)C(=O)O. The topological polar surface area (TPSA) is 91.3 Å². The van der Waals surface area contributed by atoms with Crippen LogP contribution in [0.1, 0.15) is 18.9 Å². The summed E-state index contributed by atoms with van der Waals surface area (Å²) < 4.78 is 0. The number of benzene rings is 1. The van der Waals surface area contributed by atoms with E-state index in [2.05, 4.69) is 15.6 Å². The third kappa shape index (κ3) is 3.68. The number of hydrogen-bond donors (Lipinski definition) is 3.